The van der Waals surface area contributed by atoms with Crippen molar-refractivity contribution in [3.63, 3.8) is 0 Å². The smallest absolute Gasteiger partial charge is 0.147 e. The third kappa shape index (κ3) is 2.83. The van der Waals surface area contributed by atoms with E-state index in [1.807, 2.05) is 0 Å². The van der Waals surface area contributed by atoms with Gasteiger partial charge in [-0.2, -0.15) is 0 Å². The summed E-state index contributed by atoms with van der Waals surface area (Å²) in [6.07, 6.45) is 6.29. The zero-order valence-corrected chi connectivity index (χ0v) is 10.3. The number of aliphatic hydroxyl groups excluding tert-OH is 1. The molecular formula is C14H20FNO. The molecule has 2 nitrogen and oxygen atoms in total. The van der Waals surface area contributed by atoms with Crippen molar-refractivity contribution in [3.8, 4) is 0 Å². The number of aromatic nitrogens is 1. The lowest BCUT2D eigenvalue weighted by molar-refractivity contribution is 0.0615. The van der Waals surface area contributed by atoms with Gasteiger partial charge < -0.3 is 5.11 Å². The van der Waals surface area contributed by atoms with Gasteiger partial charge in [0, 0.05) is 6.20 Å². The average Bonchev–Trinajstić information content (AvgIpc) is 2.38. The number of aliphatic hydroxyl groups is 1. The largest absolute Gasteiger partial charge is 0.386 e. The molecule has 1 aliphatic rings. The predicted octanol–water partition coefficient (Wildman–Crippen LogP) is 3.47. The fraction of sp³-hybridized carbons (Fsp3) is 0.643. The van der Waals surface area contributed by atoms with Crippen LogP contribution in [0.15, 0.2) is 18.3 Å². The molecule has 0 aliphatic heterocycles. The second kappa shape index (κ2) is 5.58. The zero-order chi connectivity index (χ0) is 12.3. The van der Waals surface area contributed by atoms with Crippen molar-refractivity contribution in [2.45, 2.75) is 45.1 Å². The minimum Gasteiger partial charge on any atom is -0.386 e. The number of nitrogens with zero attached hydrogens (tertiary/aromatic N) is 1. The minimum absolute atomic E-state index is 0.165. The Morgan fingerprint density at radius 1 is 1.53 bits per heavy atom. The number of pyridine rings is 1. The summed E-state index contributed by atoms with van der Waals surface area (Å²) in [7, 11) is 0. The molecule has 3 heteroatoms. The summed E-state index contributed by atoms with van der Waals surface area (Å²) in [5.41, 5.74) is 0.217. The molecular weight excluding hydrogens is 217 g/mol. The van der Waals surface area contributed by atoms with Crippen molar-refractivity contribution < 1.29 is 9.50 Å². The summed E-state index contributed by atoms with van der Waals surface area (Å²) in [5, 5.41) is 10.2. The van der Waals surface area contributed by atoms with Gasteiger partial charge in [-0.15, -0.1) is 0 Å². The van der Waals surface area contributed by atoms with Crippen molar-refractivity contribution in [1.29, 1.82) is 0 Å². The SMILES string of the molecule is CCC1CCCC(C(O)c2ncccc2F)C1. The molecule has 94 valence electrons. The molecule has 1 aromatic rings. The van der Waals surface area contributed by atoms with Gasteiger partial charge in [0.15, 0.2) is 0 Å². The van der Waals surface area contributed by atoms with Crippen LogP contribution in [0.3, 0.4) is 0 Å². The molecule has 1 aliphatic carbocycles. The van der Waals surface area contributed by atoms with Gasteiger partial charge in [0.2, 0.25) is 0 Å². The van der Waals surface area contributed by atoms with E-state index in [2.05, 4.69) is 11.9 Å². The highest BCUT2D eigenvalue weighted by Gasteiger charge is 2.29. The van der Waals surface area contributed by atoms with E-state index < -0.39 is 11.9 Å². The Bertz CT molecular complexity index is 369. The number of rotatable bonds is 3. The lowest BCUT2D eigenvalue weighted by Gasteiger charge is -2.31. The van der Waals surface area contributed by atoms with Gasteiger partial charge in [-0.25, -0.2) is 4.39 Å². The topological polar surface area (TPSA) is 33.1 Å². The van der Waals surface area contributed by atoms with Gasteiger partial charge >= 0.3 is 0 Å². The summed E-state index contributed by atoms with van der Waals surface area (Å²) in [6.45, 7) is 2.18. The second-order valence-electron chi connectivity index (χ2n) is 5.02. The van der Waals surface area contributed by atoms with Crippen molar-refractivity contribution >= 4 is 0 Å². The van der Waals surface area contributed by atoms with Gasteiger partial charge in [-0.05, 0) is 36.8 Å². The Morgan fingerprint density at radius 3 is 3.06 bits per heavy atom. The lowest BCUT2D eigenvalue weighted by atomic mass is 9.77. The molecule has 0 aromatic carbocycles. The van der Waals surface area contributed by atoms with E-state index in [4.69, 9.17) is 0 Å². The quantitative estimate of drug-likeness (QED) is 0.873. The normalized spacial score (nSPS) is 26.8. The maximum atomic E-state index is 13.6. The van der Waals surface area contributed by atoms with Crippen LogP contribution in [-0.2, 0) is 0 Å². The van der Waals surface area contributed by atoms with Gasteiger partial charge in [-0.3, -0.25) is 4.98 Å². The predicted molar refractivity (Wildman–Crippen MR) is 64.9 cm³/mol. The van der Waals surface area contributed by atoms with Crippen molar-refractivity contribution in [2.75, 3.05) is 0 Å². The Labute approximate surface area is 102 Å². The van der Waals surface area contributed by atoms with Crippen LogP contribution in [-0.4, -0.2) is 10.1 Å². The fourth-order valence-corrected chi connectivity index (χ4v) is 2.83. The van der Waals surface area contributed by atoms with E-state index in [1.165, 1.54) is 12.5 Å². The molecule has 1 N–H and O–H groups in total. The lowest BCUT2D eigenvalue weighted by Crippen LogP contribution is -2.22. The van der Waals surface area contributed by atoms with E-state index in [9.17, 15) is 9.50 Å². The van der Waals surface area contributed by atoms with Crippen LogP contribution in [0.4, 0.5) is 4.39 Å². The Morgan fingerprint density at radius 2 is 2.35 bits per heavy atom. The van der Waals surface area contributed by atoms with Crippen LogP contribution in [0.5, 0.6) is 0 Å². The van der Waals surface area contributed by atoms with Gasteiger partial charge in [0.25, 0.3) is 0 Å². The summed E-state index contributed by atoms with van der Waals surface area (Å²) < 4.78 is 13.6. The molecule has 0 radical (unpaired) electrons. The van der Waals surface area contributed by atoms with Crippen LogP contribution in [0, 0.1) is 17.7 Å². The van der Waals surface area contributed by atoms with Crippen molar-refractivity contribution in [1.82, 2.24) is 4.98 Å². The standard InChI is InChI=1S/C14H20FNO/c1-2-10-5-3-6-11(9-10)14(17)13-12(15)7-4-8-16-13/h4,7-8,10-11,14,17H,2-3,5-6,9H2,1H3. The molecule has 1 fully saturated rings. The molecule has 1 heterocycles. The minimum atomic E-state index is -0.745. The maximum absolute atomic E-state index is 13.6. The van der Waals surface area contributed by atoms with Crippen LogP contribution in [0.25, 0.3) is 0 Å². The van der Waals surface area contributed by atoms with Crippen molar-refractivity contribution in [3.05, 3.63) is 29.8 Å². The summed E-state index contributed by atoms with van der Waals surface area (Å²) in [4.78, 5) is 3.98. The molecule has 0 bridgehead atoms. The first-order chi connectivity index (χ1) is 8.22. The van der Waals surface area contributed by atoms with E-state index in [0.717, 1.165) is 25.7 Å². The molecule has 3 atom stereocenters. The van der Waals surface area contributed by atoms with Gasteiger partial charge in [0.05, 0.1) is 0 Å². The maximum Gasteiger partial charge on any atom is 0.147 e. The molecule has 3 unspecified atom stereocenters. The molecule has 0 spiro atoms. The Hall–Kier alpha value is -0.960. The number of hydrogen-bond acceptors (Lipinski definition) is 2. The van der Waals surface area contributed by atoms with Crippen LogP contribution in [0.1, 0.15) is 50.8 Å². The van der Waals surface area contributed by atoms with Crippen molar-refractivity contribution in [2.24, 2.45) is 11.8 Å². The first-order valence-electron chi connectivity index (χ1n) is 6.50. The summed E-state index contributed by atoms with van der Waals surface area (Å²) in [5.74, 6) is 0.451. The highest BCUT2D eigenvalue weighted by atomic mass is 19.1. The number of hydrogen-bond donors (Lipinski definition) is 1. The highest BCUT2D eigenvalue weighted by Crippen LogP contribution is 2.38. The second-order valence-corrected chi connectivity index (χ2v) is 5.02. The van der Waals surface area contributed by atoms with E-state index in [-0.39, 0.29) is 11.6 Å². The third-order valence-corrected chi connectivity index (χ3v) is 3.91. The molecule has 1 aromatic heterocycles. The Kier molecular flexibility index (Phi) is 4.11. The molecule has 1 saturated carbocycles. The van der Waals surface area contributed by atoms with Gasteiger partial charge in [0.1, 0.15) is 17.6 Å². The average molecular weight is 237 g/mol. The summed E-state index contributed by atoms with van der Waals surface area (Å²) in [6, 6.07) is 2.92. The molecule has 0 saturated heterocycles. The first-order valence-corrected chi connectivity index (χ1v) is 6.50. The van der Waals surface area contributed by atoms with Crippen LogP contribution < -0.4 is 0 Å². The highest BCUT2D eigenvalue weighted by molar-refractivity contribution is 5.11. The van der Waals surface area contributed by atoms with Crippen LogP contribution in [0.2, 0.25) is 0 Å². The zero-order valence-electron chi connectivity index (χ0n) is 10.3. The first kappa shape index (κ1) is 12.5. The molecule has 0 amide bonds. The van der Waals surface area contributed by atoms with E-state index >= 15 is 0 Å². The monoisotopic (exact) mass is 237 g/mol. The van der Waals surface area contributed by atoms with E-state index in [1.54, 1.807) is 12.3 Å². The van der Waals surface area contributed by atoms with Gasteiger partial charge in [-0.1, -0.05) is 26.2 Å². The van der Waals surface area contributed by atoms with Crippen LogP contribution >= 0.6 is 0 Å². The van der Waals surface area contributed by atoms with E-state index in [0.29, 0.717) is 5.92 Å². The fourth-order valence-electron chi connectivity index (χ4n) is 2.83. The third-order valence-electron chi connectivity index (χ3n) is 3.91. The Balaban J connectivity index is 2.09. The number of halogens is 1. The molecule has 2 rings (SSSR count). The summed E-state index contributed by atoms with van der Waals surface area (Å²) >= 11 is 0. The molecule has 17 heavy (non-hydrogen) atoms.